The van der Waals surface area contributed by atoms with Crippen molar-refractivity contribution in [3.8, 4) is 11.5 Å². The van der Waals surface area contributed by atoms with Gasteiger partial charge in [-0.15, -0.1) is 0 Å². The van der Waals surface area contributed by atoms with Gasteiger partial charge in [-0.3, -0.25) is 4.79 Å². The van der Waals surface area contributed by atoms with E-state index in [9.17, 15) is 9.90 Å². The number of hydrogen-bond acceptors (Lipinski definition) is 5. The van der Waals surface area contributed by atoms with Gasteiger partial charge in [0.1, 0.15) is 0 Å². The van der Waals surface area contributed by atoms with Crippen LogP contribution in [-0.4, -0.2) is 28.8 Å². The maximum atomic E-state index is 12.2. The Morgan fingerprint density at radius 3 is 3.00 bits per heavy atom. The van der Waals surface area contributed by atoms with Crippen LogP contribution in [0.15, 0.2) is 33.4 Å². The molecule has 0 aliphatic heterocycles. The van der Waals surface area contributed by atoms with Crippen LogP contribution < -0.4 is 5.32 Å². The van der Waals surface area contributed by atoms with Crippen LogP contribution in [0.4, 0.5) is 0 Å². The summed E-state index contributed by atoms with van der Waals surface area (Å²) in [7, 11) is 0. The maximum absolute atomic E-state index is 12.2. The predicted octanol–water partition coefficient (Wildman–Crippen LogP) is 2.22. The molecule has 2 N–H and O–H groups in total. The van der Waals surface area contributed by atoms with E-state index in [-0.39, 0.29) is 30.2 Å². The van der Waals surface area contributed by atoms with Crippen molar-refractivity contribution in [1.82, 2.24) is 10.5 Å². The standard InChI is InChI=1S/C15H18N2O4/c18-9-10-4-1-2-5-11(10)16-15(19)12-8-14(21-17-12)13-6-3-7-20-13/h3,6-8,10-11,18H,1-2,4-5,9H2,(H,16,19). The zero-order valence-electron chi connectivity index (χ0n) is 11.6. The highest BCUT2D eigenvalue weighted by molar-refractivity contribution is 5.93. The third kappa shape index (κ3) is 3.00. The Hall–Kier alpha value is -2.08. The zero-order valence-corrected chi connectivity index (χ0v) is 11.6. The van der Waals surface area contributed by atoms with Gasteiger partial charge in [0, 0.05) is 24.6 Å². The average molecular weight is 290 g/mol. The summed E-state index contributed by atoms with van der Waals surface area (Å²) in [6, 6.07) is 5.04. The number of carbonyl (C=O) groups is 1. The van der Waals surface area contributed by atoms with Gasteiger partial charge >= 0.3 is 0 Å². The highest BCUT2D eigenvalue weighted by atomic mass is 16.5. The summed E-state index contributed by atoms with van der Waals surface area (Å²) in [5.41, 5.74) is 0.226. The number of aromatic nitrogens is 1. The van der Waals surface area contributed by atoms with Gasteiger partial charge in [-0.1, -0.05) is 18.0 Å². The van der Waals surface area contributed by atoms with Gasteiger partial charge in [0.25, 0.3) is 5.91 Å². The summed E-state index contributed by atoms with van der Waals surface area (Å²) in [6.07, 6.45) is 5.53. The normalized spacial score (nSPS) is 22.1. The molecule has 6 heteroatoms. The molecule has 2 heterocycles. The van der Waals surface area contributed by atoms with Crippen molar-refractivity contribution in [3.05, 3.63) is 30.2 Å². The number of carbonyl (C=O) groups excluding carboxylic acids is 1. The first-order chi connectivity index (χ1) is 10.3. The fourth-order valence-corrected chi connectivity index (χ4v) is 2.78. The smallest absolute Gasteiger partial charge is 0.273 e. The average Bonchev–Trinajstić information content (AvgIpc) is 3.18. The minimum atomic E-state index is -0.276. The van der Waals surface area contributed by atoms with Gasteiger partial charge < -0.3 is 19.4 Å². The Morgan fingerprint density at radius 2 is 2.24 bits per heavy atom. The van der Waals surface area contributed by atoms with E-state index in [1.165, 1.54) is 6.26 Å². The molecule has 2 unspecified atom stereocenters. The molecule has 0 spiro atoms. The van der Waals surface area contributed by atoms with E-state index in [0.717, 1.165) is 25.7 Å². The van der Waals surface area contributed by atoms with Gasteiger partial charge in [-0.05, 0) is 25.0 Å². The lowest BCUT2D eigenvalue weighted by atomic mass is 9.85. The molecule has 2 aromatic heterocycles. The van der Waals surface area contributed by atoms with Gasteiger partial charge in [0.05, 0.1) is 6.26 Å². The van der Waals surface area contributed by atoms with Crippen molar-refractivity contribution in [3.63, 3.8) is 0 Å². The van der Waals surface area contributed by atoms with Crippen LogP contribution in [0.2, 0.25) is 0 Å². The third-order valence-corrected chi connectivity index (χ3v) is 3.97. The molecule has 1 fully saturated rings. The fraction of sp³-hybridized carbons (Fsp3) is 0.467. The van der Waals surface area contributed by atoms with Crippen LogP contribution in [0.3, 0.4) is 0 Å². The molecule has 0 bridgehead atoms. The Bertz CT molecular complexity index is 591. The first-order valence-corrected chi connectivity index (χ1v) is 7.20. The second kappa shape index (κ2) is 6.13. The lowest BCUT2D eigenvalue weighted by Crippen LogP contribution is -2.43. The molecule has 1 saturated carbocycles. The predicted molar refractivity (Wildman–Crippen MR) is 74.5 cm³/mol. The Morgan fingerprint density at radius 1 is 1.38 bits per heavy atom. The van der Waals surface area contributed by atoms with Gasteiger partial charge in [-0.25, -0.2) is 0 Å². The highest BCUT2D eigenvalue weighted by Crippen LogP contribution is 2.25. The number of rotatable bonds is 4. The molecule has 1 amide bonds. The quantitative estimate of drug-likeness (QED) is 0.901. The van der Waals surface area contributed by atoms with E-state index >= 15 is 0 Å². The Labute approximate surface area is 122 Å². The maximum Gasteiger partial charge on any atom is 0.273 e. The third-order valence-electron chi connectivity index (χ3n) is 3.97. The molecule has 21 heavy (non-hydrogen) atoms. The SMILES string of the molecule is O=C(NC1CCCCC1CO)c1cc(-c2ccco2)on1. The van der Waals surface area contributed by atoms with Gasteiger partial charge in [0.2, 0.25) is 5.76 Å². The van der Waals surface area contributed by atoms with E-state index in [4.69, 9.17) is 8.94 Å². The van der Waals surface area contributed by atoms with Crippen molar-refractivity contribution < 1.29 is 18.8 Å². The minimum Gasteiger partial charge on any atom is -0.461 e. The van der Waals surface area contributed by atoms with Crippen molar-refractivity contribution >= 4 is 5.91 Å². The minimum absolute atomic E-state index is 0.0000118. The summed E-state index contributed by atoms with van der Waals surface area (Å²) in [5, 5.41) is 16.1. The molecule has 1 aliphatic rings. The molecule has 0 saturated heterocycles. The lowest BCUT2D eigenvalue weighted by molar-refractivity contribution is 0.0864. The topological polar surface area (TPSA) is 88.5 Å². The monoisotopic (exact) mass is 290 g/mol. The van der Waals surface area contributed by atoms with Crippen LogP contribution >= 0.6 is 0 Å². The van der Waals surface area contributed by atoms with E-state index in [0.29, 0.717) is 11.5 Å². The van der Waals surface area contributed by atoms with E-state index in [1.807, 2.05) is 0 Å². The molecule has 2 atom stereocenters. The van der Waals surface area contributed by atoms with Crippen molar-refractivity contribution in [1.29, 1.82) is 0 Å². The number of nitrogens with one attached hydrogen (secondary N) is 1. The van der Waals surface area contributed by atoms with E-state index < -0.39 is 0 Å². The first-order valence-electron chi connectivity index (χ1n) is 7.20. The molecule has 1 aliphatic carbocycles. The molecule has 0 radical (unpaired) electrons. The number of nitrogens with zero attached hydrogens (tertiary/aromatic N) is 1. The number of furan rings is 1. The van der Waals surface area contributed by atoms with Crippen LogP contribution in [0.1, 0.15) is 36.2 Å². The summed E-state index contributed by atoms with van der Waals surface area (Å²) >= 11 is 0. The molecule has 6 nitrogen and oxygen atoms in total. The fourth-order valence-electron chi connectivity index (χ4n) is 2.78. The van der Waals surface area contributed by atoms with Crippen LogP contribution in [0, 0.1) is 5.92 Å². The lowest BCUT2D eigenvalue weighted by Gasteiger charge is -2.30. The molecule has 112 valence electrons. The zero-order chi connectivity index (χ0) is 14.7. The summed E-state index contributed by atoms with van der Waals surface area (Å²) in [5.74, 6) is 0.806. The van der Waals surface area contributed by atoms with Crippen LogP contribution in [0.25, 0.3) is 11.5 Å². The van der Waals surface area contributed by atoms with Crippen molar-refractivity contribution in [2.24, 2.45) is 5.92 Å². The van der Waals surface area contributed by atoms with Crippen LogP contribution in [0.5, 0.6) is 0 Å². The first kappa shape index (κ1) is 13.9. The second-order valence-corrected chi connectivity index (χ2v) is 5.36. The van der Waals surface area contributed by atoms with Gasteiger partial charge in [-0.2, -0.15) is 0 Å². The van der Waals surface area contributed by atoms with E-state index in [2.05, 4.69) is 10.5 Å². The number of amides is 1. The summed E-state index contributed by atoms with van der Waals surface area (Å²) < 4.78 is 10.3. The largest absolute Gasteiger partial charge is 0.461 e. The molecular weight excluding hydrogens is 272 g/mol. The Balaban J connectivity index is 1.68. The summed E-state index contributed by atoms with van der Waals surface area (Å²) in [4.78, 5) is 12.2. The second-order valence-electron chi connectivity index (χ2n) is 5.36. The van der Waals surface area contributed by atoms with Crippen molar-refractivity contribution in [2.45, 2.75) is 31.7 Å². The molecular formula is C15H18N2O4. The summed E-state index contributed by atoms with van der Waals surface area (Å²) in [6.45, 7) is 0.0986. The van der Waals surface area contributed by atoms with Gasteiger partial charge in [0.15, 0.2) is 11.5 Å². The van der Waals surface area contributed by atoms with E-state index in [1.54, 1.807) is 18.2 Å². The number of aliphatic hydroxyl groups excluding tert-OH is 1. The molecule has 0 aromatic carbocycles. The number of aliphatic hydroxyl groups is 1. The number of hydrogen-bond donors (Lipinski definition) is 2. The molecule has 3 rings (SSSR count). The molecule has 2 aromatic rings. The highest BCUT2D eigenvalue weighted by Gasteiger charge is 2.27. The van der Waals surface area contributed by atoms with Crippen molar-refractivity contribution in [2.75, 3.05) is 6.61 Å². The van der Waals surface area contributed by atoms with Crippen LogP contribution in [-0.2, 0) is 0 Å². The Kier molecular flexibility index (Phi) is 4.06.